The minimum absolute atomic E-state index is 0. The van der Waals surface area contributed by atoms with Crippen molar-refractivity contribution in [3.05, 3.63) is 11.1 Å². The number of nitrogens with zero attached hydrogens (tertiary/aromatic N) is 1. The van der Waals surface area contributed by atoms with E-state index >= 15 is 0 Å². The van der Waals surface area contributed by atoms with Crippen molar-refractivity contribution in [3.63, 3.8) is 0 Å². The number of carbonyl (C=O) groups excluding carboxylic acids is 1. The van der Waals surface area contributed by atoms with Gasteiger partial charge in [0.1, 0.15) is 0 Å². The third kappa shape index (κ3) is 16.3. The quantitative estimate of drug-likeness (QED) is 0.303. The summed E-state index contributed by atoms with van der Waals surface area (Å²) >= 11 is 0. The minimum Gasteiger partial charge on any atom is -0.670 e. The van der Waals surface area contributed by atoms with Crippen LogP contribution in [0.1, 0.15) is 54.9 Å². The summed E-state index contributed by atoms with van der Waals surface area (Å²) in [4.78, 5) is 11.0. The van der Waals surface area contributed by atoms with Gasteiger partial charge in [-0.15, -0.1) is 6.54 Å². The van der Waals surface area contributed by atoms with E-state index in [1.54, 1.807) is 12.3 Å². The predicted octanol–water partition coefficient (Wildman–Crippen LogP) is 5.87. The molecule has 0 saturated heterocycles. The molecule has 0 aliphatic rings. The van der Waals surface area contributed by atoms with E-state index in [4.69, 9.17) is 5.73 Å². The summed E-state index contributed by atoms with van der Waals surface area (Å²) in [5.74, 6) is -0.204. The van der Waals surface area contributed by atoms with Gasteiger partial charge in [0.15, 0.2) is 0 Å². The Kier molecular flexibility index (Phi) is 24.7. The van der Waals surface area contributed by atoms with Gasteiger partial charge in [0.05, 0.1) is 37.0 Å². The molecule has 6 heteroatoms. The topological polar surface area (TPSA) is 55.0 Å². The fraction of sp³-hybridized carbons (Fsp3) is 0.944. The van der Waals surface area contributed by atoms with Crippen LogP contribution in [0.15, 0.2) is 0 Å². The molecule has 0 aliphatic carbocycles. The van der Waals surface area contributed by atoms with Gasteiger partial charge in [-0.2, -0.15) is 0 Å². The molecule has 0 aliphatic heterocycles. The fourth-order valence-electron chi connectivity index (χ4n) is 2.17. The first-order chi connectivity index (χ1) is 10.9. The summed E-state index contributed by atoms with van der Waals surface area (Å²) in [6, 6.07) is -0.665. The maximum Gasteiger partial charge on any atom is 2.00 e. The average molecular weight is 423 g/mol. The summed E-state index contributed by atoms with van der Waals surface area (Å²) in [5.41, 5.74) is 7.37. The molecule has 0 aromatic rings. The Balaban J connectivity index is -0.000000354. The SMILES string of the molecule is CCC[N-]C(=O)[C@@H]([NH-])C(C)C.CC[PH+](CC)CC[PH+](CC)CC.[Ni+2]. The van der Waals surface area contributed by atoms with Gasteiger partial charge in [-0.3, -0.25) is 0 Å². The second kappa shape index (κ2) is 20.1. The maximum atomic E-state index is 11.0. The predicted molar refractivity (Wildman–Crippen MR) is 115 cm³/mol. The summed E-state index contributed by atoms with van der Waals surface area (Å²) in [6.45, 7) is 15.7. The monoisotopic (exact) mass is 422 g/mol. The maximum absolute atomic E-state index is 11.0. The summed E-state index contributed by atoms with van der Waals surface area (Å²) in [5, 5.41) is 3.74. The van der Waals surface area contributed by atoms with Crippen molar-refractivity contribution in [1.82, 2.24) is 0 Å². The summed E-state index contributed by atoms with van der Waals surface area (Å²) < 4.78 is 0. The van der Waals surface area contributed by atoms with Crippen LogP contribution >= 0.6 is 15.8 Å². The van der Waals surface area contributed by atoms with E-state index in [2.05, 4.69) is 33.0 Å². The van der Waals surface area contributed by atoms with Crippen LogP contribution in [0.4, 0.5) is 0 Å². The number of carbonyl (C=O) groups is 1. The Morgan fingerprint density at radius 2 is 1.29 bits per heavy atom. The molecule has 0 heterocycles. The molecule has 0 fully saturated rings. The van der Waals surface area contributed by atoms with Gasteiger partial charge in [0.2, 0.25) is 0 Å². The standard InChI is InChI=1S/C10H24P2.C8H17N2O.Ni/c1-5-11(6-2)9-10-12(7-3)8-4;1-4-5-10-8(11)7(9)6(2)3;/h5-10H2,1-4H3;6-7,9H,4-5H2,1-3H3,(H,10,11);/q;-1;+2/p+1/t;7-;/m.0./s1. The smallest absolute Gasteiger partial charge is 0.670 e. The second-order valence-corrected chi connectivity index (χ2v) is 13.2. The summed E-state index contributed by atoms with van der Waals surface area (Å²) in [7, 11) is 0.175. The Morgan fingerprint density at radius 3 is 1.54 bits per heavy atom. The van der Waals surface area contributed by atoms with Crippen LogP contribution in [-0.2, 0) is 21.3 Å². The Hall–Kier alpha value is 0.784. The molecule has 1 N–H and O–H groups in total. The zero-order valence-electron chi connectivity index (χ0n) is 17.0. The second-order valence-electron chi connectivity index (χ2n) is 6.36. The van der Waals surface area contributed by atoms with Crippen LogP contribution in [0, 0.1) is 5.92 Å². The van der Waals surface area contributed by atoms with E-state index in [1.807, 2.05) is 20.8 Å². The van der Waals surface area contributed by atoms with Crippen molar-refractivity contribution >= 4 is 21.8 Å². The van der Waals surface area contributed by atoms with Crippen molar-refractivity contribution in [2.75, 3.05) is 43.5 Å². The van der Waals surface area contributed by atoms with Gasteiger partial charge >= 0.3 is 16.5 Å². The van der Waals surface area contributed by atoms with Crippen LogP contribution in [0.5, 0.6) is 0 Å². The molecule has 0 unspecified atom stereocenters. The summed E-state index contributed by atoms with van der Waals surface area (Å²) in [6.07, 6.45) is 10.0. The molecule has 0 saturated carbocycles. The first-order valence-corrected chi connectivity index (χ1v) is 13.7. The molecular weight excluding hydrogens is 381 g/mol. The van der Waals surface area contributed by atoms with Crippen LogP contribution in [0.3, 0.4) is 0 Å². The van der Waals surface area contributed by atoms with Crippen LogP contribution in [0.2, 0.25) is 0 Å². The molecule has 0 aromatic heterocycles. The molecule has 1 amide bonds. The largest absolute Gasteiger partial charge is 2.00 e. The Labute approximate surface area is 164 Å². The van der Waals surface area contributed by atoms with Crippen molar-refractivity contribution in [2.45, 2.75) is 60.9 Å². The number of rotatable bonds is 11. The third-order valence-corrected chi connectivity index (χ3v) is 10.7. The molecule has 0 rings (SSSR count). The van der Waals surface area contributed by atoms with Crippen molar-refractivity contribution < 1.29 is 21.3 Å². The number of nitrogens with one attached hydrogen (secondary N) is 1. The third-order valence-electron chi connectivity index (χ3n) is 4.26. The molecule has 0 aromatic carbocycles. The molecule has 3 nitrogen and oxygen atoms in total. The van der Waals surface area contributed by atoms with Crippen molar-refractivity contribution in [2.24, 2.45) is 5.92 Å². The van der Waals surface area contributed by atoms with Gasteiger partial charge in [-0.1, -0.05) is 39.2 Å². The zero-order valence-corrected chi connectivity index (χ0v) is 20.0. The van der Waals surface area contributed by atoms with Gasteiger partial charge in [-0.05, 0) is 27.7 Å². The van der Waals surface area contributed by atoms with Crippen molar-refractivity contribution in [1.29, 1.82) is 0 Å². The molecular formula is C18H42N2NiOP2+2. The van der Waals surface area contributed by atoms with Gasteiger partial charge in [0.25, 0.3) is 0 Å². The Morgan fingerprint density at radius 1 is 0.917 bits per heavy atom. The van der Waals surface area contributed by atoms with E-state index in [0.29, 0.717) is 6.54 Å². The molecule has 0 spiro atoms. The number of amides is 1. The molecule has 148 valence electrons. The molecule has 0 bridgehead atoms. The van der Waals surface area contributed by atoms with E-state index in [-0.39, 0.29) is 44.2 Å². The molecule has 0 radical (unpaired) electrons. The van der Waals surface area contributed by atoms with Crippen LogP contribution in [0.25, 0.3) is 11.1 Å². The van der Waals surface area contributed by atoms with Crippen molar-refractivity contribution in [3.8, 4) is 0 Å². The van der Waals surface area contributed by atoms with E-state index in [9.17, 15) is 4.79 Å². The minimum atomic E-state index is -0.665. The van der Waals surface area contributed by atoms with E-state index in [0.717, 1.165) is 6.42 Å². The van der Waals surface area contributed by atoms with Gasteiger partial charge in [-0.25, -0.2) is 0 Å². The number of hydrogen-bond acceptors (Lipinski definition) is 1. The molecule has 1 atom stereocenters. The Bertz CT molecular complexity index is 262. The fourth-order valence-corrected chi connectivity index (χ4v) is 7.41. The zero-order chi connectivity index (χ0) is 18.3. The number of hydrogen-bond donors (Lipinski definition) is 0. The van der Waals surface area contributed by atoms with E-state index in [1.165, 1.54) is 24.6 Å². The van der Waals surface area contributed by atoms with Crippen LogP contribution < -0.4 is 0 Å². The van der Waals surface area contributed by atoms with E-state index < -0.39 is 6.04 Å². The molecule has 24 heavy (non-hydrogen) atoms. The van der Waals surface area contributed by atoms with Crippen LogP contribution in [-0.4, -0.2) is 55.5 Å². The van der Waals surface area contributed by atoms with Gasteiger partial charge in [0, 0.05) is 21.8 Å². The van der Waals surface area contributed by atoms with Gasteiger partial charge < -0.3 is 15.8 Å². The average Bonchev–Trinajstić information content (AvgIpc) is 2.56. The first-order valence-electron chi connectivity index (χ1n) is 9.47. The normalized spacial score (nSPS) is 11.8. The first kappa shape index (κ1) is 29.5.